The van der Waals surface area contributed by atoms with Crippen molar-refractivity contribution in [3.63, 3.8) is 0 Å². The van der Waals surface area contributed by atoms with Crippen LogP contribution in [0.15, 0.2) is 24.3 Å². The number of aliphatic hydroxyl groups excluding tert-OH is 1. The molecule has 3 N–H and O–H groups in total. The molecule has 0 saturated carbocycles. The molecule has 0 aliphatic heterocycles. The van der Waals surface area contributed by atoms with E-state index in [0.29, 0.717) is 9.99 Å². The minimum absolute atomic E-state index is 0.159. The van der Waals surface area contributed by atoms with Crippen LogP contribution < -0.4 is 10.8 Å². The number of carbonyl (C=O) groups excluding carboxylic acids is 1. The fraction of sp³-hybridized carbons (Fsp3) is 0.235. The van der Waals surface area contributed by atoms with Gasteiger partial charge in [0.25, 0.3) is 5.91 Å². The summed E-state index contributed by atoms with van der Waals surface area (Å²) in [6.07, 6.45) is -0.284. The molecule has 2 aromatic rings. The zero-order valence-corrected chi connectivity index (χ0v) is 16.9. The van der Waals surface area contributed by atoms with E-state index >= 15 is 0 Å². The number of nitrogens with one attached hydrogen (secondary N) is 2. The number of hydrogen-bond acceptors (Lipinski definition) is 4. The molecular formula is C17H15ClF3IN2O3. The van der Waals surface area contributed by atoms with Gasteiger partial charge in [0.2, 0.25) is 0 Å². The van der Waals surface area contributed by atoms with Gasteiger partial charge >= 0.3 is 0 Å². The summed E-state index contributed by atoms with van der Waals surface area (Å²) in [4.78, 5) is 17.3. The molecule has 2 aromatic carbocycles. The van der Waals surface area contributed by atoms with Crippen molar-refractivity contribution >= 4 is 51.5 Å². The second kappa shape index (κ2) is 9.58. The number of hydrogen-bond donors (Lipinski definition) is 3. The average molecular weight is 515 g/mol. The van der Waals surface area contributed by atoms with Crippen molar-refractivity contribution in [2.75, 3.05) is 11.9 Å². The Hall–Kier alpha value is -1.56. The molecule has 0 radical (unpaired) electrons. The molecule has 0 fully saturated rings. The van der Waals surface area contributed by atoms with Gasteiger partial charge < -0.3 is 10.4 Å². The van der Waals surface area contributed by atoms with Gasteiger partial charge in [-0.3, -0.25) is 9.63 Å². The van der Waals surface area contributed by atoms with E-state index in [1.165, 1.54) is 12.1 Å². The third-order valence-corrected chi connectivity index (χ3v) is 4.52. The molecule has 0 heterocycles. The van der Waals surface area contributed by atoms with Crippen molar-refractivity contribution in [2.24, 2.45) is 0 Å². The molecule has 146 valence electrons. The van der Waals surface area contributed by atoms with Crippen molar-refractivity contribution in [1.82, 2.24) is 5.48 Å². The highest BCUT2D eigenvalue weighted by Gasteiger charge is 2.23. The van der Waals surface area contributed by atoms with E-state index in [-0.39, 0.29) is 12.3 Å². The summed E-state index contributed by atoms with van der Waals surface area (Å²) in [5, 5.41) is 10.8. The first-order chi connectivity index (χ1) is 12.8. The van der Waals surface area contributed by atoms with Crippen molar-refractivity contribution in [3.8, 4) is 0 Å². The quantitative estimate of drug-likeness (QED) is 0.288. The molecule has 0 aliphatic rings. The van der Waals surface area contributed by atoms with Gasteiger partial charge in [-0.25, -0.2) is 18.7 Å². The van der Waals surface area contributed by atoms with Crippen LogP contribution in [-0.2, 0) is 4.84 Å². The van der Waals surface area contributed by atoms with Crippen molar-refractivity contribution in [2.45, 2.75) is 19.4 Å². The fourth-order valence-electron chi connectivity index (χ4n) is 2.06. The summed E-state index contributed by atoms with van der Waals surface area (Å²) in [6, 6.07) is 4.95. The van der Waals surface area contributed by atoms with E-state index in [1.807, 2.05) is 28.1 Å². The lowest BCUT2D eigenvalue weighted by atomic mass is 10.1. The Labute approximate surface area is 171 Å². The molecule has 0 aromatic heterocycles. The number of anilines is 2. The molecule has 0 spiro atoms. The molecule has 5 nitrogen and oxygen atoms in total. The minimum atomic E-state index is -1.44. The number of carbonyl (C=O) groups is 1. The van der Waals surface area contributed by atoms with Crippen LogP contribution in [0.25, 0.3) is 0 Å². The highest BCUT2D eigenvalue weighted by molar-refractivity contribution is 14.1. The highest BCUT2D eigenvalue weighted by Crippen LogP contribution is 2.32. The number of amides is 1. The predicted octanol–water partition coefficient (Wildman–Crippen LogP) is 4.54. The lowest BCUT2D eigenvalue weighted by Crippen LogP contribution is -2.31. The second-order valence-electron chi connectivity index (χ2n) is 5.42. The first-order valence-electron chi connectivity index (χ1n) is 7.74. The topological polar surface area (TPSA) is 70.6 Å². The molecule has 0 bridgehead atoms. The standard InChI is InChI=1S/C17H15ClF3IN2O3/c1-2-9(7-25)27-24-17(26)10-6-11(18)14(20)15(21)16(10)23-13-4-3-8(22)5-12(13)19/h3-6,9,23,25H,2,7H2,1H3,(H,24,26). The van der Waals surface area contributed by atoms with E-state index in [0.717, 1.165) is 6.07 Å². The van der Waals surface area contributed by atoms with Crippen LogP contribution in [0.1, 0.15) is 23.7 Å². The van der Waals surface area contributed by atoms with Crippen LogP contribution >= 0.6 is 34.2 Å². The Morgan fingerprint density at radius 1 is 1.30 bits per heavy atom. The molecule has 27 heavy (non-hydrogen) atoms. The Balaban J connectivity index is 2.40. The van der Waals surface area contributed by atoms with Crippen LogP contribution in [-0.4, -0.2) is 23.7 Å². The zero-order chi connectivity index (χ0) is 20.1. The van der Waals surface area contributed by atoms with Crippen LogP contribution in [0, 0.1) is 21.0 Å². The van der Waals surface area contributed by atoms with Gasteiger partial charge in [0.05, 0.1) is 28.6 Å². The predicted molar refractivity (Wildman–Crippen MR) is 103 cm³/mol. The maximum atomic E-state index is 14.4. The van der Waals surface area contributed by atoms with Crippen LogP contribution in [0.2, 0.25) is 5.02 Å². The van der Waals surface area contributed by atoms with E-state index in [4.69, 9.17) is 21.5 Å². The lowest BCUT2D eigenvalue weighted by molar-refractivity contribution is -0.0408. The third kappa shape index (κ3) is 5.24. The number of hydroxylamine groups is 1. The SMILES string of the molecule is CCC(CO)ONC(=O)c1cc(Cl)c(F)c(F)c1Nc1ccc(I)cc1F. The largest absolute Gasteiger partial charge is 0.394 e. The van der Waals surface area contributed by atoms with Gasteiger partial charge in [-0.15, -0.1) is 0 Å². The molecule has 1 amide bonds. The molecular weight excluding hydrogens is 500 g/mol. The Bertz CT molecular complexity index is 851. The minimum Gasteiger partial charge on any atom is -0.394 e. The normalized spacial score (nSPS) is 12.0. The summed E-state index contributed by atoms with van der Waals surface area (Å²) in [7, 11) is 0. The molecule has 10 heteroatoms. The monoisotopic (exact) mass is 514 g/mol. The van der Waals surface area contributed by atoms with Gasteiger partial charge in [0.1, 0.15) is 11.9 Å². The first kappa shape index (κ1) is 21.7. The zero-order valence-electron chi connectivity index (χ0n) is 14.0. The first-order valence-corrected chi connectivity index (χ1v) is 9.20. The average Bonchev–Trinajstić information content (AvgIpc) is 2.64. The summed E-state index contributed by atoms with van der Waals surface area (Å²) in [6.45, 7) is 1.36. The van der Waals surface area contributed by atoms with E-state index < -0.39 is 45.7 Å². The van der Waals surface area contributed by atoms with Gasteiger partial charge in [-0.1, -0.05) is 18.5 Å². The molecule has 1 unspecified atom stereocenters. The Morgan fingerprint density at radius 3 is 2.59 bits per heavy atom. The van der Waals surface area contributed by atoms with Gasteiger partial charge in [-0.05, 0) is 53.3 Å². The summed E-state index contributed by atoms with van der Waals surface area (Å²) in [5.41, 5.74) is 0.883. The molecule has 2 rings (SSSR count). The number of benzene rings is 2. The van der Waals surface area contributed by atoms with E-state index in [9.17, 15) is 18.0 Å². The molecule has 1 atom stereocenters. The fourth-order valence-corrected chi connectivity index (χ4v) is 2.71. The maximum absolute atomic E-state index is 14.4. The van der Waals surface area contributed by atoms with E-state index in [1.54, 1.807) is 13.0 Å². The summed E-state index contributed by atoms with van der Waals surface area (Å²) < 4.78 is 43.0. The van der Waals surface area contributed by atoms with Crippen molar-refractivity contribution in [3.05, 3.63) is 55.9 Å². The van der Waals surface area contributed by atoms with Crippen molar-refractivity contribution < 1.29 is 27.9 Å². The van der Waals surface area contributed by atoms with Crippen LogP contribution in [0.4, 0.5) is 24.5 Å². The third-order valence-electron chi connectivity index (χ3n) is 3.57. The number of aliphatic hydroxyl groups is 1. The van der Waals surface area contributed by atoms with Gasteiger partial charge in [0.15, 0.2) is 11.6 Å². The smallest absolute Gasteiger partial charge is 0.277 e. The van der Waals surface area contributed by atoms with Crippen molar-refractivity contribution in [1.29, 1.82) is 0 Å². The van der Waals surface area contributed by atoms with Crippen LogP contribution in [0.3, 0.4) is 0 Å². The number of rotatable bonds is 7. The van der Waals surface area contributed by atoms with Crippen LogP contribution in [0.5, 0.6) is 0 Å². The highest BCUT2D eigenvalue weighted by atomic mass is 127. The molecule has 0 saturated heterocycles. The van der Waals surface area contributed by atoms with Gasteiger partial charge in [-0.2, -0.15) is 0 Å². The Kier molecular flexibility index (Phi) is 7.71. The summed E-state index contributed by atoms with van der Waals surface area (Å²) >= 11 is 7.52. The Morgan fingerprint density at radius 2 is 2.00 bits per heavy atom. The molecule has 0 aliphatic carbocycles. The second-order valence-corrected chi connectivity index (χ2v) is 7.07. The lowest BCUT2D eigenvalue weighted by Gasteiger charge is -2.17. The van der Waals surface area contributed by atoms with E-state index in [2.05, 4.69) is 5.32 Å². The van der Waals surface area contributed by atoms with Gasteiger partial charge in [0, 0.05) is 3.57 Å². The number of halogens is 5. The summed E-state index contributed by atoms with van der Waals surface area (Å²) in [5.74, 6) is -4.49. The maximum Gasteiger partial charge on any atom is 0.277 e.